The third-order valence-electron chi connectivity index (χ3n) is 11.0. The Morgan fingerprint density at radius 3 is 1.87 bits per heavy atom. The zero-order valence-corrected chi connectivity index (χ0v) is 28.0. The highest BCUT2D eigenvalue weighted by Gasteiger charge is 2.25. The minimum Gasteiger partial charge on any atom is -0.308 e. The number of nitrogens with zero attached hydrogens (tertiary/aromatic N) is 4. The van der Waals surface area contributed by atoms with Crippen molar-refractivity contribution in [2.75, 3.05) is 0 Å². The van der Waals surface area contributed by atoms with Crippen molar-refractivity contribution in [2.24, 2.45) is 0 Å². The molecule has 0 atom stereocenters. The monoisotopic (exact) mass is 660 g/mol. The third-order valence-corrected chi connectivity index (χ3v) is 11.0. The summed E-state index contributed by atoms with van der Waals surface area (Å²) >= 11 is 0. The average Bonchev–Trinajstić information content (AvgIpc) is 3.73. The van der Waals surface area contributed by atoms with Gasteiger partial charge in [-0.05, 0) is 69.8 Å². The first kappa shape index (κ1) is 27.7. The molecule has 0 N–H and O–H groups in total. The van der Waals surface area contributed by atoms with Gasteiger partial charge >= 0.3 is 0 Å². The van der Waals surface area contributed by atoms with Gasteiger partial charge in [0.2, 0.25) is 0 Å². The first-order valence-corrected chi connectivity index (χ1v) is 17.8. The van der Waals surface area contributed by atoms with Gasteiger partial charge in [0.25, 0.3) is 0 Å². The van der Waals surface area contributed by atoms with Crippen LogP contribution in [0.1, 0.15) is 0 Å². The van der Waals surface area contributed by atoms with E-state index in [1.165, 1.54) is 65.2 Å². The first-order chi connectivity index (χ1) is 25.8. The van der Waals surface area contributed by atoms with Gasteiger partial charge in [-0.3, -0.25) is 4.57 Å². The molecule has 0 saturated carbocycles. The molecule has 240 valence electrons. The van der Waals surface area contributed by atoms with Crippen LogP contribution in [0, 0.1) is 0 Å². The van der Waals surface area contributed by atoms with Crippen LogP contribution in [-0.4, -0.2) is 18.9 Å². The molecule has 0 amide bonds. The largest absolute Gasteiger partial charge is 0.308 e. The molecule has 12 aromatic rings. The molecular weight excluding hydrogens is 633 g/mol. The molecule has 52 heavy (non-hydrogen) atoms. The van der Waals surface area contributed by atoms with Crippen LogP contribution in [0.5, 0.6) is 0 Å². The number of benzene rings is 8. The highest BCUT2D eigenvalue weighted by Crippen LogP contribution is 2.46. The summed E-state index contributed by atoms with van der Waals surface area (Å²) in [4.78, 5) is 10.9. The van der Waals surface area contributed by atoms with E-state index in [1.54, 1.807) is 0 Å². The highest BCUT2D eigenvalue weighted by molar-refractivity contribution is 6.34. The van der Waals surface area contributed by atoms with Gasteiger partial charge in [-0.2, -0.15) is 0 Å². The molecule has 0 aliphatic rings. The summed E-state index contributed by atoms with van der Waals surface area (Å²) in [5.74, 6) is 0.818. The molecule has 8 aromatic carbocycles. The number of aromatic nitrogens is 4. The Kier molecular flexibility index (Phi) is 5.47. The summed E-state index contributed by atoms with van der Waals surface area (Å²) in [7, 11) is 0. The molecule has 0 aliphatic carbocycles. The maximum absolute atomic E-state index is 5.48. The third kappa shape index (κ3) is 3.65. The maximum atomic E-state index is 5.48. The lowest BCUT2D eigenvalue weighted by Crippen LogP contribution is -2.03. The lowest BCUT2D eigenvalue weighted by atomic mass is 9.98. The fourth-order valence-corrected chi connectivity index (χ4v) is 8.85. The van der Waals surface area contributed by atoms with Crippen molar-refractivity contribution in [3.63, 3.8) is 0 Å². The van der Waals surface area contributed by atoms with Crippen LogP contribution in [0.25, 0.3) is 110 Å². The van der Waals surface area contributed by atoms with E-state index < -0.39 is 0 Å². The predicted molar refractivity (Wildman–Crippen MR) is 217 cm³/mol. The van der Waals surface area contributed by atoms with Crippen molar-refractivity contribution in [3.8, 4) is 28.2 Å². The summed E-state index contributed by atoms with van der Waals surface area (Å²) in [6.07, 6.45) is 0. The van der Waals surface area contributed by atoms with Crippen LogP contribution in [0.3, 0.4) is 0 Å². The van der Waals surface area contributed by atoms with Crippen LogP contribution in [0.15, 0.2) is 170 Å². The van der Waals surface area contributed by atoms with E-state index in [-0.39, 0.29) is 0 Å². The number of para-hydroxylation sites is 3. The molecule has 0 bridgehead atoms. The molecule has 4 aromatic heterocycles. The Bertz CT molecular complexity index is 3400. The number of hydrogen-bond donors (Lipinski definition) is 0. The van der Waals surface area contributed by atoms with E-state index in [1.807, 2.05) is 12.1 Å². The van der Waals surface area contributed by atoms with E-state index in [0.29, 0.717) is 0 Å². The summed E-state index contributed by atoms with van der Waals surface area (Å²) in [5.41, 5.74) is 11.8. The van der Waals surface area contributed by atoms with Crippen molar-refractivity contribution >= 4 is 81.7 Å². The van der Waals surface area contributed by atoms with Crippen molar-refractivity contribution in [3.05, 3.63) is 170 Å². The van der Waals surface area contributed by atoms with Crippen molar-refractivity contribution in [2.45, 2.75) is 0 Å². The van der Waals surface area contributed by atoms with Gasteiger partial charge in [-0.25, -0.2) is 9.97 Å². The topological polar surface area (TPSA) is 35.1 Å². The van der Waals surface area contributed by atoms with E-state index in [4.69, 9.17) is 9.97 Å². The first-order valence-electron chi connectivity index (χ1n) is 17.8. The quantitative estimate of drug-likeness (QED) is 0.189. The Morgan fingerprint density at radius 1 is 0.365 bits per heavy atom. The number of fused-ring (bicyclic) bond motifs is 6. The van der Waals surface area contributed by atoms with Gasteiger partial charge in [0.1, 0.15) is 5.69 Å². The molecule has 4 heteroatoms. The molecule has 0 aliphatic heterocycles. The van der Waals surface area contributed by atoms with E-state index >= 15 is 0 Å². The zero-order valence-electron chi connectivity index (χ0n) is 28.0. The van der Waals surface area contributed by atoms with E-state index in [2.05, 4.69) is 167 Å². The molecular formula is C48H28N4. The van der Waals surface area contributed by atoms with E-state index in [0.717, 1.165) is 44.7 Å². The molecule has 4 nitrogen and oxygen atoms in total. The Hall–Kier alpha value is -7.04. The summed E-state index contributed by atoms with van der Waals surface area (Å²) in [6, 6.07) is 61.1. The van der Waals surface area contributed by atoms with Crippen molar-refractivity contribution < 1.29 is 0 Å². The Balaban J connectivity index is 1.31. The van der Waals surface area contributed by atoms with Gasteiger partial charge < -0.3 is 4.40 Å². The average molecular weight is 661 g/mol. The highest BCUT2D eigenvalue weighted by atomic mass is 15.1. The zero-order chi connectivity index (χ0) is 33.9. The fourth-order valence-electron chi connectivity index (χ4n) is 8.85. The van der Waals surface area contributed by atoms with Gasteiger partial charge in [-0.1, -0.05) is 127 Å². The molecule has 12 rings (SSSR count). The summed E-state index contributed by atoms with van der Waals surface area (Å²) < 4.78 is 4.88. The second kappa shape index (κ2) is 10.3. The maximum Gasteiger partial charge on any atom is 0.165 e. The van der Waals surface area contributed by atoms with Gasteiger partial charge in [-0.15, -0.1) is 0 Å². The normalized spacial score (nSPS) is 12.2. The van der Waals surface area contributed by atoms with Crippen LogP contribution in [0.2, 0.25) is 0 Å². The summed E-state index contributed by atoms with van der Waals surface area (Å²) in [6.45, 7) is 0. The van der Waals surface area contributed by atoms with Crippen molar-refractivity contribution in [1.29, 1.82) is 0 Å². The van der Waals surface area contributed by atoms with Gasteiger partial charge in [0.15, 0.2) is 5.82 Å². The molecule has 0 fully saturated rings. The van der Waals surface area contributed by atoms with Crippen molar-refractivity contribution in [1.82, 2.24) is 18.9 Å². The van der Waals surface area contributed by atoms with Crippen LogP contribution in [-0.2, 0) is 0 Å². The minimum atomic E-state index is 0.818. The fraction of sp³-hybridized carbons (Fsp3) is 0. The number of hydrogen-bond acceptors (Lipinski definition) is 2. The van der Waals surface area contributed by atoms with Gasteiger partial charge in [0.05, 0.1) is 38.6 Å². The lowest BCUT2D eigenvalue weighted by Gasteiger charge is -2.14. The minimum absolute atomic E-state index is 0.818. The molecule has 0 saturated heterocycles. The molecule has 0 unspecified atom stereocenters. The molecule has 4 heterocycles. The number of rotatable bonds is 3. The second-order valence-corrected chi connectivity index (χ2v) is 13.8. The van der Waals surface area contributed by atoms with Crippen LogP contribution >= 0.6 is 0 Å². The molecule has 0 spiro atoms. The van der Waals surface area contributed by atoms with Crippen LogP contribution in [0.4, 0.5) is 0 Å². The second-order valence-electron chi connectivity index (χ2n) is 13.8. The molecule has 0 radical (unpaired) electrons. The Labute approximate surface area is 297 Å². The lowest BCUT2D eigenvalue weighted by molar-refractivity contribution is 1.08. The smallest absolute Gasteiger partial charge is 0.165 e. The predicted octanol–water partition coefficient (Wildman–Crippen LogP) is 12.4. The van der Waals surface area contributed by atoms with Crippen LogP contribution < -0.4 is 0 Å². The standard InChI is InChI=1S/C48H28N4/c1-2-12-29(13-3-1)31-16-8-17-32(28-31)46-48(50-38-22-6-5-21-37(38)49-46)52-41-25-11-20-35-34-19-9-14-30-15-10-24-40(43(30)34)51-39-23-7-4-18-33(39)36-26-27-42(52)45(44(35)41)47(36)51/h1-28H. The summed E-state index contributed by atoms with van der Waals surface area (Å²) in [5, 5.41) is 9.90. The SMILES string of the molecule is c1ccc(-c2cccc(-c3nc4ccccc4nc3-n3c4cccc5c6cccc7cccc(c76)n6c7ccccc7c7ccc3c(c54)c76)c2)cc1. The Morgan fingerprint density at radius 2 is 0.981 bits per heavy atom. The van der Waals surface area contributed by atoms with E-state index in [9.17, 15) is 0 Å². The van der Waals surface area contributed by atoms with Gasteiger partial charge in [0, 0.05) is 32.5 Å².